The minimum absolute atomic E-state index is 0.0116. The monoisotopic (exact) mass is 274 g/mol. The number of carbonyl (C=O) groups excluding carboxylic acids is 1. The third-order valence-corrected chi connectivity index (χ3v) is 6.07. The van der Waals surface area contributed by atoms with Crippen LogP contribution in [-0.2, 0) is 4.74 Å². The Morgan fingerprint density at radius 1 is 1.25 bits per heavy atom. The first-order valence-corrected chi connectivity index (χ1v) is 7.34. The van der Waals surface area contributed by atoms with Gasteiger partial charge in [0.05, 0.1) is 5.56 Å². The first-order chi connectivity index (χ1) is 9.34. The SMILES string of the molecule is CC1(C)[C@@H]2CC[C@]1(C)C(OC(=O)c1ccc(O)cc1)C2. The Morgan fingerprint density at radius 2 is 1.90 bits per heavy atom. The van der Waals surface area contributed by atoms with Crippen LogP contribution in [0.15, 0.2) is 24.3 Å². The van der Waals surface area contributed by atoms with E-state index < -0.39 is 0 Å². The number of carbonyl (C=O) groups is 1. The van der Waals surface area contributed by atoms with Gasteiger partial charge in [-0.05, 0) is 54.9 Å². The van der Waals surface area contributed by atoms with Crippen LogP contribution in [0.25, 0.3) is 0 Å². The number of esters is 1. The van der Waals surface area contributed by atoms with Crippen molar-refractivity contribution in [2.45, 2.75) is 46.1 Å². The fourth-order valence-corrected chi connectivity index (χ4v) is 4.10. The van der Waals surface area contributed by atoms with Crippen LogP contribution in [0.2, 0.25) is 0 Å². The largest absolute Gasteiger partial charge is 0.508 e. The van der Waals surface area contributed by atoms with Gasteiger partial charge in [-0.15, -0.1) is 0 Å². The van der Waals surface area contributed by atoms with Gasteiger partial charge in [0, 0.05) is 5.41 Å². The third kappa shape index (κ3) is 1.75. The maximum absolute atomic E-state index is 12.2. The summed E-state index contributed by atoms with van der Waals surface area (Å²) in [5.74, 6) is 0.541. The van der Waals surface area contributed by atoms with Crippen molar-refractivity contribution >= 4 is 5.97 Å². The lowest BCUT2D eigenvalue weighted by atomic mass is 9.70. The quantitative estimate of drug-likeness (QED) is 0.835. The van der Waals surface area contributed by atoms with E-state index in [0.29, 0.717) is 11.5 Å². The van der Waals surface area contributed by atoms with E-state index in [9.17, 15) is 9.90 Å². The summed E-state index contributed by atoms with van der Waals surface area (Å²) in [5.41, 5.74) is 0.837. The van der Waals surface area contributed by atoms with E-state index in [2.05, 4.69) is 20.8 Å². The second-order valence-corrected chi connectivity index (χ2v) is 7.05. The van der Waals surface area contributed by atoms with E-state index in [1.54, 1.807) is 12.1 Å². The summed E-state index contributed by atoms with van der Waals surface area (Å²) < 4.78 is 5.79. The van der Waals surface area contributed by atoms with Crippen molar-refractivity contribution in [3.63, 3.8) is 0 Å². The lowest BCUT2D eigenvalue weighted by Crippen LogP contribution is -2.38. The Morgan fingerprint density at radius 3 is 2.40 bits per heavy atom. The van der Waals surface area contributed by atoms with E-state index in [4.69, 9.17) is 4.74 Å². The molecule has 2 aliphatic carbocycles. The fourth-order valence-electron chi connectivity index (χ4n) is 4.10. The van der Waals surface area contributed by atoms with Crippen molar-refractivity contribution in [1.29, 1.82) is 0 Å². The van der Waals surface area contributed by atoms with Gasteiger partial charge in [0.15, 0.2) is 0 Å². The highest BCUT2D eigenvalue weighted by atomic mass is 16.5. The normalized spacial score (nSPS) is 34.1. The number of hydrogen-bond donors (Lipinski definition) is 1. The maximum atomic E-state index is 12.2. The summed E-state index contributed by atoms with van der Waals surface area (Å²) in [6.45, 7) is 6.87. The molecule has 1 unspecified atom stereocenters. The summed E-state index contributed by atoms with van der Waals surface area (Å²) in [5, 5.41) is 9.27. The molecule has 108 valence electrons. The van der Waals surface area contributed by atoms with E-state index in [1.165, 1.54) is 18.6 Å². The van der Waals surface area contributed by atoms with Crippen molar-refractivity contribution < 1.29 is 14.6 Å². The zero-order valence-corrected chi connectivity index (χ0v) is 12.3. The summed E-state index contributed by atoms with van der Waals surface area (Å²) in [6.07, 6.45) is 3.37. The van der Waals surface area contributed by atoms with Crippen LogP contribution >= 0.6 is 0 Å². The van der Waals surface area contributed by atoms with Gasteiger partial charge in [-0.25, -0.2) is 4.79 Å². The summed E-state index contributed by atoms with van der Waals surface area (Å²) in [6, 6.07) is 6.25. The van der Waals surface area contributed by atoms with E-state index in [1.807, 2.05) is 0 Å². The highest BCUT2D eigenvalue weighted by Crippen LogP contribution is 2.66. The molecular formula is C17H22O3. The van der Waals surface area contributed by atoms with Gasteiger partial charge in [0.1, 0.15) is 11.9 Å². The number of aromatic hydroxyl groups is 1. The van der Waals surface area contributed by atoms with Gasteiger partial charge < -0.3 is 9.84 Å². The molecule has 1 aromatic carbocycles. The van der Waals surface area contributed by atoms with Gasteiger partial charge in [0.25, 0.3) is 0 Å². The summed E-state index contributed by atoms with van der Waals surface area (Å²) in [7, 11) is 0. The van der Waals surface area contributed by atoms with E-state index in [-0.39, 0.29) is 28.7 Å². The zero-order chi connectivity index (χ0) is 14.5. The number of phenols is 1. The molecule has 2 fully saturated rings. The van der Waals surface area contributed by atoms with Gasteiger partial charge in [0.2, 0.25) is 0 Å². The molecule has 20 heavy (non-hydrogen) atoms. The van der Waals surface area contributed by atoms with Crippen molar-refractivity contribution in [3.05, 3.63) is 29.8 Å². The predicted molar refractivity (Wildman–Crippen MR) is 76.5 cm³/mol. The number of fused-ring (bicyclic) bond motifs is 2. The smallest absolute Gasteiger partial charge is 0.338 e. The predicted octanol–water partition coefficient (Wildman–Crippen LogP) is 3.76. The molecule has 3 nitrogen and oxygen atoms in total. The molecule has 2 saturated carbocycles. The van der Waals surface area contributed by atoms with Crippen molar-refractivity contribution in [3.8, 4) is 5.75 Å². The van der Waals surface area contributed by atoms with Gasteiger partial charge in [-0.2, -0.15) is 0 Å². The molecule has 0 radical (unpaired) electrons. The fraction of sp³-hybridized carbons (Fsp3) is 0.588. The van der Waals surface area contributed by atoms with Crippen LogP contribution in [0.5, 0.6) is 5.75 Å². The summed E-state index contributed by atoms with van der Waals surface area (Å²) >= 11 is 0. The minimum Gasteiger partial charge on any atom is -0.508 e. The molecule has 0 heterocycles. The van der Waals surface area contributed by atoms with Crippen LogP contribution in [0.1, 0.15) is 50.4 Å². The molecule has 3 heteroatoms. The number of hydrogen-bond acceptors (Lipinski definition) is 3. The zero-order valence-electron chi connectivity index (χ0n) is 12.3. The average molecular weight is 274 g/mol. The van der Waals surface area contributed by atoms with Crippen LogP contribution < -0.4 is 0 Å². The number of rotatable bonds is 2. The number of ether oxygens (including phenoxy) is 1. The van der Waals surface area contributed by atoms with Crippen molar-refractivity contribution in [2.75, 3.05) is 0 Å². The standard InChI is InChI=1S/C17H22O3/c1-16(2)12-8-9-17(16,3)14(10-12)20-15(19)11-4-6-13(18)7-5-11/h4-7,12,14,18H,8-10H2,1-3H3/t12-,14?,17-/m1/s1. The van der Waals surface area contributed by atoms with Gasteiger partial charge >= 0.3 is 5.97 Å². The highest BCUT2D eigenvalue weighted by molar-refractivity contribution is 5.89. The minimum atomic E-state index is -0.278. The second-order valence-electron chi connectivity index (χ2n) is 7.05. The molecule has 2 bridgehead atoms. The molecular weight excluding hydrogens is 252 g/mol. The lowest BCUT2D eigenvalue weighted by molar-refractivity contribution is -0.0242. The average Bonchev–Trinajstić information content (AvgIpc) is 2.72. The Kier molecular flexibility index (Phi) is 2.86. The van der Waals surface area contributed by atoms with Crippen LogP contribution in [0.3, 0.4) is 0 Å². The molecule has 0 saturated heterocycles. The molecule has 0 spiro atoms. The maximum Gasteiger partial charge on any atom is 0.338 e. The van der Waals surface area contributed by atoms with E-state index in [0.717, 1.165) is 12.8 Å². The molecule has 1 N–H and O–H groups in total. The van der Waals surface area contributed by atoms with E-state index >= 15 is 0 Å². The number of benzene rings is 1. The van der Waals surface area contributed by atoms with Crippen LogP contribution in [0, 0.1) is 16.7 Å². The number of phenolic OH excluding ortho intramolecular Hbond substituents is 1. The van der Waals surface area contributed by atoms with Gasteiger partial charge in [-0.3, -0.25) is 0 Å². The molecule has 0 aromatic heterocycles. The molecule has 3 atom stereocenters. The molecule has 2 aliphatic rings. The molecule has 1 aromatic rings. The third-order valence-electron chi connectivity index (χ3n) is 6.07. The first-order valence-electron chi connectivity index (χ1n) is 7.34. The highest BCUT2D eigenvalue weighted by Gasteiger charge is 2.62. The Bertz CT molecular complexity index is 532. The van der Waals surface area contributed by atoms with Crippen LogP contribution in [-0.4, -0.2) is 17.2 Å². The van der Waals surface area contributed by atoms with Crippen molar-refractivity contribution in [1.82, 2.24) is 0 Å². The Hall–Kier alpha value is -1.51. The second kappa shape index (κ2) is 4.24. The topological polar surface area (TPSA) is 46.5 Å². The van der Waals surface area contributed by atoms with Crippen molar-refractivity contribution in [2.24, 2.45) is 16.7 Å². The Labute approximate surface area is 120 Å². The lowest BCUT2D eigenvalue weighted by Gasteiger charge is -2.38. The summed E-state index contributed by atoms with van der Waals surface area (Å²) in [4.78, 5) is 12.2. The molecule has 3 rings (SSSR count). The Balaban J connectivity index is 1.76. The molecule has 0 aliphatic heterocycles. The van der Waals surface area contributed by atoms with Gasteiger partial charge in [-0.1, -0.05) is 20.8 Å². The molecule has 0 amide bonds. The first kappa shape index (κ1) is 13.5. The van der Waals surface area contributed by atoms with Crippen LogP contribution in [0.4, 0.5) is 0 Å².